The van der Waals surface area contributed by atoms with Crippen LogP contribution in [-0.4, -0.2) is 36.4 Å². The maximum absolute atomic E-state index is 6.22. The summed E-state index contributed by atoms with van der Waals surface area (Å²) in [4.78, 5) is 7.01. The SMILES string of the molecule is Cc1cnc(N2CCCC2)c(B2OC(C)(C)C(C)(C)O2)c1. The minimum absolute atomic E-state index is 0.316. The molecule has 0 bridgehead atoms. The largest absolute Gasteiger partial charge is 0.498 e. The molecule has 3 rings (SSSR count). The summed E-state index contributed by atoms with van der Waals surface area (Å²) in [6, 6.07) is 2.16. The fourth-order valence-electron chi connectivity index (χ4n) is 2.92. The zero-order chi connectivity index (χ0) is 15.3. The first-order chi connectivity index (χ1) is 9.80. The lowest BCUT2D eigenvalue weighted by Gasteiger charge is -2.32. The lowest BCUT2D eigenvalue weighted by Crippen LogP contribution is -2.41. The predicted molar refractivity (Wildman–Crippen MR) is 86.1 cm³/mol. The van der Waals surface area contributed by atoms with Gasteiger partial charge in [-0.2, -0.15) is 0 Å². The van der Waals surface area contributed by atoms with Crippen LogP contribution in [0.1, 0.15) is 46.1 Å². The van der Waals surface area contributed by atoms with Gasteiger partial charge in [-0.3, -0.25) is 0 Å². The molecule has 4 nitrogen and oxygen atoms in total. The Hall–Kier alpha value is -1.07. The van der Waals surface area contributed by atoms with Crippen molar-refractivity contribution < 1.29 is 9.31 Å². The van der Waals surface area contributed by atoms with Crippen molar-refractivity contribution in [2.75, 3.05) is 18.0 Å². The van der Waals surface area contributed by atoms with Crippen LogP contribution in [0.15, 0.2) is 12.3 Å². The molecule has 2 saturated heterocycles. The third kappa shape index (κ3) is 2.57. The first-order valence-corrected chi connectivity index (χ1v) is 7.87. The zero-order valence-corrected chi connectivity index (χ0v) is 13.8. The van der Waals surface area contributed by atoms with Gasteiger partial charge in [0.05, 0.1) is 11.2 Å². The highest BCUT2D eigenvalue weighted by molar-refractivity contribution is 6.63. The molecule has 0 atom stereocenters. The molecular formula is C16H25BN2O2. The van der Waals surface area contributed by atoms with E-state index in [9.17, 15) is 0 Å². The Morgan fingerprint density at radius 2 is 1.67 bits per heavy atom. The highest BCUT2D eigenvalue weighted by atomic mass is 16.7. The minimum Gasteiger partial charge on any atom is -0.399 e. The minimum atomic E-state index is -0.335. The third-order valence-corrected chi connectivity index (χ3v) is 4.94. The summed E-state index contributed by atoms with van der Waals surface area (Å²) in [5.41, 5.74) is 1.58. The number of hydrogen-bond donors (Lipinski definition) is 0. The van der Waals surface area contributed by atoms with Crippen LogP contribution < -0.4 is 10.4 Å². The lowest BCUT2D eigenvalue weighted by molar-refractivity contribution is 0.00578. The molecule has 2 fully saturated rings. The molecule has 0 unspecified atom stereocenters. The summed E-state index contributed by atoms with van der Waals surface area (Å²) in [7, 11) is -0.335. The summed E-state index contributed by atoms with van der Waals surface area (Å²) in [6.07, 6.45) is 4.40. The van der Waals surface area contributed by atoms with E-state index in [2.05, 4.69) is 50.6 Å². The smallest absolute Gasteiger partial charge is 0.399 e. The molecular weight excluding hydrogens is 263 g/mol. The summed E-state index contributed by atoms with van der Waals surface area (Å²) >= 11 is 0. The molecule has 5 heteroatoms. The Morgan fingerprint density at radius 1 is 1.10 bits per heavy atom. The Balaban J connectivity index is 1.96. The maximum Gasteiger partial charge on any atom is 0.498 e. The van der Waals surface area contributed by atoms with Crippen molar-refractivity contribution in [2.45, 2.75) is 58.7 Å². The van der Waals surface area contributed by atoms with Gasteiger partial charge < -0.3 is 14.2 Å². The number of aryl methyl sites for hydroxylation is 1. The fraction of sp³-hybridized carbons (Fsp3) is 0.688. The van der Waals surface area contributed by atoms with Crippen molar-refractivity contribution in [2.24, 2.45) is 0 Å². The molecule has 0 saturated carbocycles. The molecule has 0 amide bonds. The van der Waals surface area contributed by atoms with Crippen molar-refractivity contribution in [3.63, 3.8) is 0 Å². The van der Waals surface area contributed by atoms with Crippen LogP contribution in [0.2, 0.25) is 0 Å². The van der Waals surface area contributed by atoms with Crippen LogP contribution in [0.25, 0.3) is 0 Å². The van der Waals surface area contributed by atoms with E-state index in [1.807, 2.05) is 6.20 Å². The zero-order valence-electron chi connectivity index (χ0n) is 13.8. The summed E-state index contributed by atoms with van der Waals surface area (Å²) in [5, 5.41) is 0. The van der Waals surface area contributed by atoms with Crippen LogP contribution in [0, 0.1) is 6.92 Å². The van der Waals surface area contributed by atoms with Gasteiger partial charge in [-0.05, 0) is 53.0 Å². The van der Waals surface area contributed by atoms with Crippen LogP contribution in [-0.2, 0) is 9.31 Å². The van der Waals surface area contributed by atoms with Gasteiger partial charge in [0.2, 0.25) is 0 Å². The van der Waals surface area contributed by atoms with E-state index in [4.69, 9.17) is 9.31 Å². The standard InChI is InChI=1S/C16H25BN2O2/c1-12-10-13(14(18-11-12)19-8-6-7-9-19)17-20-15(2,3)16(4,5)21-17/h10-11H,6-9H2,1-5H3. The van der Waals surface area contributed by atoms with Gasteiger partial charge in [0.25, 0.3) is 0 Å². The number of nitrogens with zero attached hydrogens (tertiary/aromatic N) is 2. The molecule has 1 aromatic heterocycles. The normalized spacial score (nSPS) is 23.9. The van der Waals surface area contributed by atoms with E-state index in [-0.39, 0.29) is 18.3 Å². The summed E-state index contributed by atoms with van der Waals surface area (Å²) in [6.45, 7) is 12.6. The number of pyridine rings is 1. The highest BCUT2D eigenvalue weighted by Crippen LogP contribution is 2.37. The summed E-state index contributed by atoms with van der Waals surface area (Å²) in [5.74, 6) is 1.02. The van der Waals surface area contributed by atoms with Gasteiger partial charge in [0, 0.05) is 24.7 Å². The molecule has 1 aromatic rings. The van der Waals surface area contributed by atoms with Gasteiger partial charge in [-0.25, -0.2) is 4.98 Å². The van der Waals surface area contributed by atoms with Crippen molar-refractivity contribution in [3.05, 3.63) is 17.8 Å². The Morgan fingerprint density at radius 3 is 2.24 bits per heavy atom. The second-order valence-electron chi connectivity index (χ2n) is 7.21. The third-order valence-electron chi connectivity index (χ3n) is 4.94. The van der Waals surface area contributed by atoms with Crippen LogP contribution in [0.4, 0.5) is 5.82 Å². The molecule has 0 aromatic carbocycles. The van der Waals surface area contributed by atoms with E-state index in [0.29, 0.717) is 0 Å². The Labute approximate surface area is 128 Å². The van der Waals surface area contributed by atoms with Crippen molar-refractivity contribution >= 4 is 18.4 Å². The van der Waals surface area contributed by atoms with Gasteiger partial charge in [0.15, 0.2) is 0 Å². The molecule has 21 heavy (non-hydrogen) atoms. The number of anilines is 1. The average molecular weight is 288 g/mol. The van der Waals surface area contributed by atoms with E-state index >= 15 is 0 Å². The van der Waals surface area contributed by atoms with Gasteiger partial charge in [-0.15, -0.1) is 0 Å². The quantitative estimate of drug-likeness (QED) is 0.782. The van der Waals surface area contributed by atoms with Gasteiger partial charge >= 0.3 is 7.12 Å². The van der Waals surface area contributed by atoms with Crippen molar-refractivity contribution in [1.82, 2.24) is 4.98 Å². The van der Waals surface area contributed by atoms with E-state index in [1.165, 1.54) is 12.8 Å². The van der Waals surface area contributed by atoms with E-state index in [1.54, 1.807) is 0 Å². The first kappa shape index (κ1) is 14.9. The van der Waals surface area contributed by atoms with Gasteiger partial charge in [-0.1, -0.05) is 6.07 Å². The average Bonchev–Trinajstić information content (AvgIpc) is 2.97. The second kappa shape index (κ2) is 4.99. The monoisotopic (exact) mass is 288 g/mol. The predicted octanol–water partition coefficient (Wildman–Crippen LogP) is 2.29. The number of hydrogen-bond acceptors (Lipinski definition) is 4. The number of rotatable bonds is 2. The molecule has 0 aliphatic carbocycles. The molecule has 2 aliphatic rings. The molecule has 114 valence electrons. The molecule has 2 aliphatic heterocycles. The van der Waals surface area contributed by atoms with Crippen LogP contribution in [0.5, 0.6) is 0 Å². The Bertz CT molecular complexity index is 523. The maximum atomic E-state index is 6.22. The highest BCUT2D eigenvalue weighted by Gasteiger charge is 2.52. The fourth-order valence-corrected chi connectivity index (χ4v) is 2.92. The molecule has 0 radical (unpaired) electrons. The Kier molecular flexibility index (Phi) is 3.53. The first-order valence-electron chi connectivity index (χ1n) is 7.87. The molecule has 3 heterocycles. The van der Waals surface area contributed by atoms with E-state index < -0.39 is 0 Å². The number of aromatic nitrogens is 1. The topological polar surface area (TPSA) is 34.6 Å². The second-order valence-corrected chi connectivity index (χ2v) is 7.21. The summed E-state index contributed by atoms with van der Waals surface area (Å²) < 4.78 is 12.4. The van der Waals surface area contributed by atoms with Gasteiger partial charge in [0.1, 0.15) is 5.82 Å². The van der Waals surface area contributed by atoms with Crippen molar-refractivity contribution in [1.29, 1.82) is 0 Å². The van der Waals surface area contributed by atoms with E-state index in [0.717, 1.165) is 29.9 Å². The molecule has 0 N–H and O–H groups in total. The lowest BCUT2D eigenvalue weighted by atomic mass is 9.78. The molecule has 0 spiro atoms. The van der Waals surface area contributed by atoms with Crippen LogP contribution >= 0.6 is 0 Å². The van der Waals surface area contributed by atoms with Crippen molar-refractivity contribution in [3.8, 4) is 0 Å². The van der Waals surface area contributed by atoms with Crippen LogP contribution in [0.3, 0.4) is 0 Å².